The maximum Gasteiger partial charge on any atom is 0.222 e. The van der Waals surface area contributed by atoms with E-state index in [4.69, 9.17) is 5.73 Å². The van der Waals surface area contributed by atoms with Gasteiger partial charge in [0.1, 0.15) is 0 Å². The quantitative estimate of drug-likeness (QED) is 0.914. The number of hydrogen-bond donors (Lipinski definition) is 1. The third-order valence-corrected chi connectivity index (χ3v) is 5.47. The Labute approximate surface area is 146 Å². The van der Waals surface area contributed by atoms with Crippen molar-refractivity contribution in [2.75, 3.05) is 13.1 Å². The number of nitrogens with two attached hydrogens (primary N) is 1. The van der Waals surface area contributed by atoms with Crippen LogP contribution < -0.4 is 5.73 Å². The summed E-state index contributed by atoms with van der Waals surface area (Å²) >= 11 is 0. The Morgan fingerprint density at radius 2 is 1.61 bits per heavy atom. The number of benzene rings is 1. The highest BCUT2D eigenvalue weighted by atomic mass is 35.5. The third-order valence-electron chi connectivity index (χ3n) is 5.47. The molecule has 0 unspecified atom stereocenters. The van der Waals surface area contributed by atoms with Gasteiger partial charge in [-0.05, 0) is 55.9 Å². The van der Waals surface area contributed by atoms with Crippen LogP contribution in [0.3, 0.4) is 0 Å². The van der Waals surface area contributed by atoms with Crippen LogP contribution in [-0.2, 0) is 4.79 Å². The van der Waals surface area contributed by atoms with E-state index < -0.39 is 0 Å². The van der Waals surface area contributed by atoms with Crippen LogP contribution in [-0.4, -0.2) is 29.9 Å². The Morgan fingerprint density at radius 3 is 2.22 bits per heavy atom. The van der Waals surface area contributed by atoms with Crippen LogP contribution >= 0.6 is 12.4 Å². The van der Waals surface area contributed by atoms with Crippen molar-refractivity contribution in [2.24, 2.45) is 11.7 Å². The number of rotatable bonds is 3. The Balaban J connectivity index is 0.00000192. The lowest BCUT2D eigenvalue weighted by molar-refractivity contribution is -0.133. The van der Waals surface area contributed by atoms with Gasteiger partial charge in [-0.3, -0.25) is 4.79 Å². The molecule has 128 valence electrons. The highest BCUT2D eigenvalue weighted by Gasteiger charge is 2.27. The predicted molar refractivity (Wildman–Crippen MR) is 96.8 cm³/mol. The minimum atomic E-state index is 0. The monoisotopic (exact) mass is 336 g/mol. The van der Waals surface area contributed by atoms with E-state index in [-0.39, 0.29) is 12.4 Å². The van der Waals surface area contributed by atoms with Gasteiger partial charge in [-0.2, -0.15) is 0 Å². The predicted octanol–water partition coefficient (Wildman–Crippen LogP) is 3.72. The number of likely N-dealkylation sites (tertiary alicyclic amines) is 1. The average Bonchev–Trinajstić information content (AvgIpc) is 2.57. The molecule has 1 saturated heterocycles. The Morgan fingerprint density at radius 1 is 1.00 bits per heavy atom. The zero-order chi connectivity index (χ0) is 15.4. The van der Waals surface area contributed by atoms with Crippen molar-refractivity contribution in [3.63, 3.8) is 0 Å². The number of amides is 1. The van der Waals surface area contributed by atoms with Crippen LogP contribution in [0.5, 0.6) is 0 Å². The van der Waals surface area contributed by atoms with E-state index in [9.17, 15) is 4.79 Å². The second kappa shape index (κ2) is 8.70. The first-order valence-corrected chi connectivity index (χ1v) is 8.80. The first-order valence-electron chi connectivity index (χ1n) is 8.80. The van der Waals surface area contributed by atoms with Crippen LogP contribution in [0.15, 0.2) is 30.3 Å². The lowest BCUT2D eigenvalue weighted by Crippen LogP contribution is -2.43. The molecule has 2 aliphatic rings. The normalized spacial score (nSPS) is 25.7. The van der Waals surface area contributed by atoms with Gasteiger partial charge in [-0.25, -0.2) is 0 Å². The summed E-state index contributed by atoms with van der Waals surface area (Å²) in [6.07, 6.45) is 7.52. The molecule has 4 heteroatoms. The molecule has 0 aromatic heterocycles. The number of hydrogen-bond acceptors (Lipinski definition) is 2. The first-order chi connectivity index (χ1) is 10.7. The Bertz CT molecular complexity index is 477. The van der Waals surface area contributed by atoms with Crippen molar-refractivity contribution >= 4 is 18.3 Å². The number of piperidine rings is 1. The third kappa shape index (κ3) is 4.95. The number of halogens is 1. The van der Waals surface area contributed by atoms with Gasteiger partial charge >= 0.3 is 0 Å². The van der Waals surface area contributed by atoms with Gasteiger partial charge in [0, 0.05) is 25.6 Å². The van der Waals surface area contributed by atoms with Gasteiger partial charge in [-0.15, -0.1) is 12.4 Å². The summed E-state index contributed by atoms with van der Waals surface area (Å²) in [6.45, 7) is 1.72. The Kier molecular flexibility index (Phi) is 6.91. The first kappa shape index (κ1) is 18.3. The van der Waals surface area contributed by atoms with E-state index in [2.05, 4.69) is 30.3 Å². The van der Waals surface area contributed by atoms with Gasteiger partial charge in [0.05, 0.1) is 0 Å². The molecular formula is C19H29ClN2O. The summed E-state index contributed by atoms with van der Waals surface area (Å²) < 4.78 is 0. The fourth-order valence-electron chi connectivity index (χ4n) is 3.95. The average molecular weight is 337 g/mol. The molecule has 2 N–H and O–H groups in total. The van der Waals surface area contributed by atoms with Crippen LogP contribution in [0.1, 0.15) is 56.4 Å². The fraction of sp³-hybridized carbons (Fsp3) is 0.632. The topological polar surface area (TPSA) is 46.3 Å². The molecule has 1 aliphatic carbocycles. The minimum Gasteiger partial charge on any atom is -0.343 e. The number of nitrogens with zero attached hydrogens (tertiary/aromatic N) is 1. The summed E-state index contributed by atoms with van der Waals surface area (Å²) in [7, 11) is 0. The highest BCUT2D eigenvalue weighted by Crippen LogP contribution is 2.37. The maximum absolute atomic E-state index is 12.4. The van der Waals surface area contributed by atoms with Crippen molar-refractivity contribution in [2.45, 2.75) is 56.9 Å². The second-order valence-corrected chi connectivity index (χ2v) is 7.05. The number of carbonyl (C=O) groups excluding carboxylic acids is 1. The molecule has 1 aromatic rings. The second-order valence-electron chi connectivity index (χ2n) is 7.05. The molecule has 1 aromatic carbocycles. The molecule has 3 rings (SSSR count). The summed E-state index contributed by atoms with van der Waals surface area (Å²) in [5, 5.41) is 0. The molecule has 2 fully saturated rings. The van der Waals surface area contributed by atoms with Crippen molar-refractivity contribution in [3.8, 4) is 0 Å². The molecule has 1 aliphatic heterocycles. The van der Waals surface area contributed by atoms with Gasteiger partial charge in [0.2, 0.25) is 5.91 Å². The largest absolute Gasteiger partial charge is 0.343 e. The molecular weight excluding hydrogens is 308 g/mol. The Hall–Kier alpha value is -1.06. The van der Waals surface area contributed by atoms with Gasteiger partial charge in [-0.1, -0.05) is 30.3 Å². The van der Waals surface area contributed by atoms with Crippen molar-refractivity contribution in [3.05, 3.63) is 35.9 Å². The van der Waals surface area contributed by atoms with Crippen LogP contribution in [0, 0.1) is 5.92 Å². The summed E-state index contributed by atoms with van der Waals surface area (Å²) in [4.78, 5) is 14.4. The van der Waals surface area contributed by atoms with E-state index in [0.29, 0.717) is 23.8 Å². The summed E-state index contributed by atoms with van der Waals surface area (Å²) in [5.74, 6) is 1.64. The summed E-state index contributed by atoms with van der Waals surface area (Å²) in [6, 6.07) is 11.1. The lowest BCUT2D eigenvalue weighted by Gasteiger charge is -2.33. The maximum atomic E-state index is 12.4. The van der Waals surface area contributed by atoms with Gasteiger partial charge in [0.15, 0.2) is 0 Å². The molecule has 23 heavy (non-hydrogen) atoms. The van der Waals surface area contributed by atoms with E-state index in [1.165, 1.54) is 31.2 Å². The van der Waals surface area contributed by atoms with Crippen LogP contribution in [0.4, 0.5) is 0 Å². The molecule has 0 spiro atoms. The van der Waals surface area contributed by atoms with Crippen molar-refractivity contribution in [1.29, 1.82) is 0 Å². The van der Waals surface area contributed by atoms with E-state index in [0.717, 1.165) is 32.4 Å². The van der Waals surface area contributed by atoms with E-state index >= 15 is 0 Å². The molecule has 1 amide bonds. The van der Waals surface area contributed by atoms with Crippen LogP contribution in [0.25, 0.3) is 0 Å². The molecule has 0 atom stereocenters. The standard InChI is InChI=1S/C19H28N2O.ClH/c20-18-10-12-21(13-11-18)19(22)14-15-6-8-17(9-7-15)16-4-2-1-3-5-16;/h1-5,15,17-18H,6-14,20H2;1H. The molecule has 0 bridgehead atoms. The van der Waals surface area contributed by atoms with Crippen molar-refractivity contribution in [1.82, 2.24) is 4.90 Å². The van der Waals surface area contributed by atoms with E-state index in [1.54, 1.807) is 0 Å². The highest BCUT2D eigenvalue weighted by molar-refractivity contribution is 5.85. The zero-order valence-corrected chi connectivity index (χ0v) is 14.6. The molecule has 0 radical (unpaired) electrons. The van der Waals surface area contributed by atoms with Gasteiger partial charge in [0.25, 0.3) is 0 Å². The fourth-order valence-corrected chi connectivity index (χ4v) is 3.95. The van der Waals surface area contributed by atoms with Gasteiger partial charge < -0.3 is 10.6 Å². The molecule has 1 saturated carbocycles. The lowest BCUT2D eigenvalue weighted by atomic mass is 9.77. The smallest absolute Gasteiger partial charge is 0.222 e. The summed E-state index contributed by atoms with van der Waals surface area (Å²) in [5.41, 5.74) is 7.38. The molecule has 1 heterocycles. The SMILES string of the molecule is Cl.NC1CCN(C(=O)CC2CCC(c3ccccc3)CC2)CC1. The number of carbonyl (C=O) groups is 1. The van der Waals surface area contributed by atoms with Crippen molar-refractivity contribution < 1.29 is 4.79 Å². The van der Waals surface area contributed by atoms with Crippen LogP contribution in [0.2, 0.25) is 0 Å². The van der Waals surface area contributed by atoms with E-state index in [1.807, 2.05) is 4.90 Å². The zero-order valence-electron chi connectivity index (χ0n) is 13.8. The minimum absolute atomic E-state index is 0. The molecule has 3 nitrogen and oxygen atoms in total.